The molecule has 2 nitrogen and oxygen atoms in total. The van der Waals surface area contributed by atoms with Gasteiger partial charge in [-0.2, -0.15) is 0 Å². The molecule has 0 aromatic heterocycles. The highest BCUT2D eigenvalue weighted by atomic mass is 79.9. The van der Waals surface area contributed by atoms with Crippen molar-refractivity contribution < 1.29 is 9.90 Å². The average molecular weight is 305 g/mol. The Kier molecular flexibility index (Phi) is 4.15. The second-order valence-corrected chi connectivity index (χ2v) is 5.11. The fourth-order valence-electron chi connectivity index (χ4n) is 1.83. The highest BCUT2D eigenvalue weighted by Gasteiger charge is 2.06. The predicted molar refractivity (Wildman–Crippen MR) is 74.7 cm³/mol. The number of aromatic hydroxyl groups is 1. The van der Waals surface area contributed by atoms with E-state index in [0.717, 1.165) is 15.6 Å². The van der Waals surface area contributed by atoms with E-state index in [2.05, 4.69) is 15.9 Å². The minimum atomic E-state index is 0.138. The van der Waals surface area contributed by atoms with Gasteiger partial charge in [-0.3, -0.25) is 4.79 Å². The summed E-state index contributed by atoms with van der Waals surface area (Å²) in [7, 11) is 0. The van der Waals surface area contributed by atoms with E-state index in [4.69, 9.17) is 0 Å². The molecule has 0 atom stereocenters. The number of Topliss-reactive ketones (excluding diaryl/α,β-unsaturated/α-hetero) is 1. The molecule has 2 aromatic carbocycles. The molecule has 0 fully saturated rings. The number of ketones is 1. The van der Waals surface area contributed by atoms with Crippen LogP contribution < -0.4 is 0 Å². The molecule has 0 heterocycles. The molecular formula is C15H13BrO2. The van der Waals surface area contributed by atoms with Gasteiger partial charge in [0.15, 0.2) is 0 Å². The molecule has 0 saturated carbocycles. The number of benzene rings is 2. The normalized spacial score (nSPS) is 10.3. The van der Waals surface area contributed by atoms with Crippen molar-refractivity contribution in [3.63, 3.8) is 0 Å². The molecule has 1 N–H and O–H groups in total. The second kappa shape index (κ2) is 5.83. The second-order valence-electron chi connectivity index (χ2n) is 4.19. The van der Waals surface area contributed by atoms with Crippen LogP contribution in [0.15, 0.2) is 53.0 Å². The lowest BCUT2D eigenvalue weighted by molar-refractivity contribution is -0.117. The molecule has 0 unspecified atom stereocenters. The first-order chi connectivity index (χ1) is 8.63. The fourth-order valence-corrected chi connectivity index (χ4v) is 2.28. The van der Waals surface area contributed by atoms with Gasteiger partial charge >= 0.3 is 0 Å². The summed E-state index contributed by atoms with van der Waals surface area (Å²) in [5.41, 5.74) is 1.84. The largest absolute Gasteiger partial charge is 0.508 e. The molecular weight excluding hydrogens is 292 g/mol. The summed E-state index contributed by atoms with van der Waals surface area (Å²) in [6.07, 6.45) is 0.760. The van der Waals surface area contributed by atoms with E-state index in [1.807, 2.05) is 30.3 Å². The molecule has 0 saturated heterocycles. The lowest BCUT2D eigenvalue weighted by Gasteiger charge is -2.03. The summed E-state index contributed by atoms with van der Waals surface area (Å²) in [5, 5.41) is 9.33. The van der Waals surface area contributed by atoms with Crippen molar-refractivity contribution in [2.24, 2.45) is 0 Å². The van der Waals surface area contributed by atoms with Crippen molar-refractivity contribution in [3.8, 4) is 5.75 Å². The van der Waals surface area contributed by atoms with E-state index in [1.54, 1.807) is 18.2 Å². The third-order valence-electron chi connectivity index (χ3n) is 2.60. The van der Waals surface area contributed by atoms with Crippen LogP contribution >= 0.6 is 15.9 Å². The molecule has 0 amide bonds. The first kappa shape index (κ1) is 12.8. The molecule has 18 heavy (non-hydrogen) atoms. The minimum absolute atomic E-state index is 0.138. The Labute approximate surface area is 114 Å². The maximum Gasteiger partial charge on any atom is 0.141 e. The number of carbonyl (C=O) groups excluding carboxylic acids is 1. The highest BCUT2D eigenvalue weighted by Crippen LogP contribution is 2.15. The van der Waals surface area contributed by atoms with Crippen LogP contribution in [0.1, 0.15) is 11.1 Å². The van der Waals surface area contributed by atoms with E-state index < -0.39 is 0 Å². The van der Waals surface area contributed by atoms with Crippen molar-refractivity contribution in [1.29, 1.82) is 0 Å². The number of phenols is 1. The zero-order valence-electron chi connectivity index (χ0n) is 9.77. The van der Waals surface area contributed by atoms with E-state index in [0.29, 0.717) is 12.8 Å². The Bertz CT molecular complexity index is 514. The summed E-state index contributed by atoms with van der Waals surface area (Å²) in [5.74, 6) is 0.335. The van der Waals surface area contributed by atoms with Crippen molar-refractivity contribution >= 4 is 21.7 Å². The number of hydrogen-bond donors (Lipinski definition) is 1. The summed E-state index contributed by atoms with van der Waals surface area (Å²) in [4.78, 5) is 11.9. The van der Waals surface area contributed by atoms with Gasteiger partial charge in [0.25, 0.3) is 0 Å². The summed E-state index contributed by atoms with van der Waals surface area (Å²) >= 11 is 3.38. The van der Waals surface area contributed by atoms with Crippen LogP contribution in [0.5, 0.6) is 5.75 Å². The molecule has 0 aliphatic rings. The molecule has 0 bridgehead atoms. The topological polar surface area (TPSA) is 37.3 Å². The van der Waals surface area contributed by atoms with Crippen LogP contribution in [-0.4, -0.2) is 10.9 Å². The van der Waals surface area contributed by atoms with Gasteiger partial charge in [0.2, 0.25) is 0 Å². The predicted octanol–water partition coefficient (Wildman–Crippen LogP) is 3.51. The number of hydrogen-bond acceptors (Lipinski definition) is 2. The number of carbonyl (C=O) groups is 1. The van der Waals surface area contributed by atoms with Crippen molar-refractivity contribution in [2.45, 2.75) is 12.8 Å². The van der Waals surface area contributed by atoms with Gasteiger partial charge in [-0.15, -0.1) is 0 Å². The molecule has 0 radical (unpaired) electrons. The van der Waals surface area contributed by atoms with Crippen LogP contribution in [0.3, 0.4) is 0 Å². The number of phenolic OH excluding ortho intramolecular Hbond substituents is 1. The zero-order valence-corrected chi connectivity index (χ0v) is 11.4. The Morgan fingerprint density at radius 1 is 1.00 bits per heavy atom. The van der Waals surface area contributed by atoms with Gasteiger partial charge in [-0.25, -0.2) is 0 Å². The summed E-state index contributed by atoms with van der Waals surface area (Å²) < 4.78 is 0.977. The van der Waals surface area contributed by atoms with Crippen LogP contribution in [0.4, 0.5) is 0 Å². The third-order valence-corrected chi connectivity index (χ3v) is 3.10. The Morgan fingerprint density at radius 2 is 1.61 bits per heavy atom. The fraction of sp³-hybridized carbons (Fsp3) is 0.133. The van der Waals surface area contributed by atoms with Crippen LogP contribution in [0.25, 0.3) is 0 Å². The lowest BCUT2D eigenvalue weighted by Crippen LogP contribution is -2.06. The standard InChI is InChI=1S/C15H13BrO2/c16-13-5-1-3-11(7-13)9-15(18)10-12-4-2-6-14(17)8-12/h1-8,17H,9-10H2. The first-order valence-corrected chi connectivity index (χ1v) is 6.47. The van der Waals surface area contributed by atoms with E-state index >= 15 is 0 Å². The molecule has 2 aromatic rings. The average Bonchev–Trinajstić information content (AvgIpc) is 2.28. The van der Waals surface area contributed by atoms with Gasteiger partial charge in [-0.05, 0) is 35.4 Å². The Hall–Kier alpha value is -1.61. The number of halogens is 1. The molecule has 0 aliphatic heterocycles. The molecule has 2 rings (SSSR count). The van der Waals surface area contributed by atoms with E-state index in [9.17, 15) is 9.90 Å². The number of rotatable bonds is 4. The van der Waals surface area contributed by atoms with Gasteiger partial charge in [0.05, 0.1) is 0 Å². The third kappa shape index (κ3) is 3.70. The Morgan fingerprint density at radius 3 is 2.22 bits per heavy atom. The highest BCUT2D eigenvalue weighted by molar-refractivity contribution is 9.10. The van der Waals surface area contributed by atoms with Crippen molar-refractivity contribution in [1.82, 2.24) is 0 Å². The smallest absolute Gasteiger partial charge is 0.141 e. The first-order valence-electron chi connectivity index (χ1n) is 5.67. The van der Waals surface area contributed by atoms with Crippen LogP contribution in [0.2, 0.25) is 0 Å². The molecule has 92 valence electrons. The van der Waals surface area contributed by atoms with Gasteiger partial charge in [0, 0.05) is 17.3 Å². The van der Waals surface area contributed by atoms with E-state index in [-0.39, 0.29) is 11.5 Å². The minimum Gasteiger partial charge on any atom is -0.508 e. The maximum atomic E-state index is 11.9. The van der Waals surface area contributed by atoms with Crippen molar-refractivity contribution in [2.75, 3.05) is 0 Å². The maximum absolute atomic E-state index is 11.9. The van der Waals surface area contributed by atoms with Crippen molar-refractivity contribution in [3.05, 3.63) is 64.1 Å². The van der Waals surface area contributed by atoms with Crippen LogP contribution in [0, 0.1) is 0 Å². The SMILES string of the molecule is O=C(Cc1cccc(O)c1)Cc1cccc(Br)c1. The van der Waals surface area contributed by atoms with Gasteiger partial charge < -0.3 is 5.11 Å². The molecule has 3 heteroatoms. The summed E-state index contributed by atoms with van der Waals surface area (Å²) in [6, 6.07) is 14.5. The van der Waals surface area contributed by atoms with Gasteiger partial charge in [-0.1, -0.05) is 40.2 Å². The lowest BCUT2D eigenvalue weighted by atomic mass is 10.0. The zero-order chi connectivity index (χ0) is 13.0. The quantitative estimate of drug-likeness (QED) is 0.938. The Balaban J connectivity index is 2.01. The monoisotopic (exact) mass is 304 g/mol. The molecule has 0 spiro atoms. The van der Waals surface area contributed by atoms with Crippen LogP contribution in [-0.2, 0) is 17.6 Å². The van der Waals surface area contributed by atoms with E-state index in [1.165, 1.54) is 0 Å². The van der Waals surface area contributed by atoms with Gasteiger partial charge in [0.1, 0.15) is 11.5 Å². The molecule has 0 aliphatic carbocycles. The summed E-state index contributed by atoms with van der Waals surface area (Å²) in [6.45, 7) is 0.